The van der Waals surface area contributed by atoms with E-state index in [1.807, 2.05) is 0 Å². The SMILES string of the molecule is Cc1ccccc1-c1c2ccccc2c(-c2ccccc2C)c2cc(C(C)(C)C)ccc12. The van der Waals surface area contributed by atoms with Gasteiger partial charge in [-0.2, -0.15) is 0 Å². The summed E-state index contributed by atoms with van der Waals surface area (Å²) in [5.41, 5.74) is 9.39. The van der Waals surface area contributed by atoms with Crippen LogP contribution in [0.25, 0.3) is 43.8 Å². The minimum Gasteiger partial charge on any atom is -0.0620 e. The molecule has 0 atom stereocenters. The molecule has 0 unspecified atom stereocenters. The van der Waals surface area contributed by atoms with Crippen molar-refractivity contribution in [3.63, 3.8) is 0 Å². The predicted molar refractivity (Wildman–Crippen MR) is 140 cm³/mol. The molecule has 5 aromatic rings. The zero-order chi connectivity index (χ0) is 22.5. The van der Waals surface area contributed by atoms with Crippen LogP contribution >= 0.6 is 0 Å². The van der Waals surface area contributed by atoms with Crippen LogP contribution in [0.1, 0.15) is 37.5 Å². The fraction of sp³-hybridized carbons (Fsp3) is 0.188. The summed E-state index contributed by atoms with van der Waals surface area (Å²) in [7, 11) is 0. The lowest BCUT2D eigenvalue weighted by Gasteiger charge is -2.23. The Morgan fingerprint density at radius 3 is 1.41 bits per heavy atom. The van der Waals surface area contributed by atoms with Gasteiger partial charge in [-0.15, -0.1) is 0 Å². The van der Waals surface area contributed by atoms with Crippen molar-refractivity contribution >= 4 is 21.5 Å². The lowest BCUT2D eigenvalue weighted by atomic mass is 9.80. The summed E-state index contributed by atoms with van der Waals surface area (Å²) in [6.45, 7) is 11.3. The second kappa shape index (κ2) is 7.64. The largest absolute Gasteiger partial charge is 0.0620 e. The van der Waals surface area contributed by atoms with Gasteiger partial charge in [-0.3, -0.25) is 0 Å². The predicted octanol–water partition coefficient (Wildman–Crippen LogP) is 9.24. The molecular weight excluding hydrogens is 384 g/mol. The van der Waals surface area contributed by atoms with Crippen LogP contribution < -0.4 is 0 Å². The molecule has 158 valence electrons. The zero-order valence-corrected chi connectivity index (χ0v) is 19.7. The third kappa shape index (κ3) is 3.31. The maximum absolute atomic E-state index is 2.44. The molecule has 0 saturated heterocycles. The first kappa shape index (κ1) is 20.5. The number of aryl methyl sites for hydroxylation is 2. The number of hydrogen-bond acceptors (Lipinski definition) is 0. The fourth-order valence-corrected chi connectivity index (χ4v) is 4.93. The second-order valence-corrected chi connectivity index (χ2v) is 9.94. The van der Waals surface area contributed by atoms with Crippen molar-refractivity contribution < 1.29 is 0 Å². The molecule has 0 radical (unpaired) electrons. The molecule has 5 aromatic carbocycles. The van der Waals surface area contributed by atoms with E-state index in [-0.39, 0.29) is 5.41 Å². The maximum atomic E-state index is 2.44. The maximum Gasteiger partial charge on any atom is -0.00236 e. The Morgan fingerprint density at radius 2 is 0.906 bits per heavy atom. The highest BCUT2D eigenvalue weighted by Crippen LogP contribution is 2.45. The zero-order valence-electron chi connectivity index (χ0n) is 19.7. The Kier molecular flexibility index (Phi) is 4.90. The van der Waals surface area contributed by atoms with Crippen molar-refractivity contribution in [2.24, 2.45) is 0 Å². The van der Waals surface area contributed by atoms with E-state index in [1.165, 1.54) is 60.5 Å². The first-order chi connectivity index (χ1) is 15.4. The van der Waals surface area contributed by atoms with E-state index >= 15 is 0 Å². The Hall–Kier alpha value is -3.38. The van der Waals surface area contributed by atoms with Crippen molar-refractivity contribution in [3.8, 4) is 22.3 Å². The molecule has 0 N–H and O–H groups in total. The van der Waals surface area contributed by atoms with Crippen LogP contribution in [0.2, 0.25) is 0 Å². The number of fused-ring (bicyclic) bond motifs is 2. The smallest absolute Gasteiger partial charge is 0.00236 e. The molecule has 0 nitrogen and oxygen atoms in total. The van der Waals surface area contributed by atoms with Crippen molar-refractivity contribution in [2.75, 3.05) is 0 Å². The first-order valence-corrected chi connectivity index (χ1v) is 11.5. The van der Waals surface area contributed by atoms with Gasteiger partial charge >= 0.3 is 0 Å². The van der Waals surface area contributed by atoms with Crippen LogP contribution in [0, 0.1) is 13.8 Å². The summed E-state index contributed by atoms with van der Waals surface area (Å²) in [6, 6.07) is 33.6. The van der Waals surface area contributed by atoms with E-state index < -0.39 is 0 Å². The highest BCUT2D eigenvalue weighted by molar-refractivity contribution is 6.21. The highest BCUT2D eigenvalue weighted by atomic mass is 14.2. The molecule has 0 aliphatic carbocycles. The van der Waals surface area contributed by atoms with Gasteiger partial charge in [0.2, 0.25) is 0 Å². The van der Waals surface area contributed by atoms with Gasteiger partial charge in [0, 0.05) is 0 Å². The standard InChI is InChI=1S/C32H30/c1-21-12-6-8-14-24(21)30-26-16-10-11-17-27(26)31(25-15-9-7-13-22(25)2)29-20-23(32(3,4)5)18-19-28(29)30/h6-20H,1-5H3. The summed E-state index contributed by atoms with van der Waals surface area (Å²) in [4.78, 5) is 0. The molecule has 0 aromatic heterocycles. The van der Waals surface area contributed by atoms with Gasteiger partial charge in [0.05, 0.1) is 0 Å². The molecule has 0 fully saturated rings. The summed E-state index contributed by atoms with van der Waals surface area (Å²) >= 11 is 0. The lowest BCUT2D eigenvalue weighted by Crippen LogP contribution is -2.10. The van der Waals surface area contributed by atoms with Crippen molar-refractivity contribution in [3.05, 3.63) is 108 Å². The van der Waals surface area contributed by atoms with Gasteiger partial charge in [0.1, 0.15) is 0 Å². The molecule has 0 aliphatic heterocycles. The van der Waals surface area contributed by atoms with Crippen LogP contribution in [0.4, 0.5) is 0 Å². The van der Waals surface area contributed by atoms with Gasteiger partial charge in [0.25, 0.3) is 0 Å². The summed E-state index contributed by atoms with van der Waals surface area (Å²) < 4.78 is 0. The molecule has 0 heterocycles. The van der Waals surface area contributed by atoms with Crippen LogP contribution in [0.15, 0.2) is 91.0 Å². The Bertz CT molecular complexity index is 1460. The average molecular weight is 415 g/mol. The molecular formula is C32H30. The van der Waals surface area contributed by atoms with Gasteiger partial charge in [-0.25, -0.2) is 0 Å². The molecule has 0 bridgehead atoms. The van der Waals surface area contributed by atoms with Crippen molar-refractivity contribution in [2.45, 2.75) is 40.0 Å². The van der Waals surface area contributed by atoms with Crippen LogP contribution in [-0.2, 0) is 5.41 Å². The van der Waals surface area contributed by atoms with Crippen LogP contribution in [0.3, 0.4) is 0 Å². The molecule has 0 spiro atoms. The van der Waals surface area contributed by atoms with E-state index in [0.29, 0.717) is 0 Å². The van der Waals surface area contributed by atoms with Crippen LogP contribution in [0.5, 0.6) is 0 Å². The van der Waals surface area contributed by atoms with E-state index in [9.17, 15) is 0 Å². The Morgan fingerprint density at radius 1 is 0.469 bits per heavy atom. The van der Waals surface area contributed by atoms with Gasteiger partial charge in [-0.1, -0.05) is 106 Å². The average Bonchev–Trinajstić information content (AvgIpc) is 2.78. The van der Waals surface area contributed by atoms with Gasteiger partial charge in [0.15, 0.2) is 0 Å². The first-order valence-electron chi connectivity index (χ1n) is 11.5. The summed E-state index contributed by atoms with van der Waals surface area (Å²) in [5.74, 6) is 0. The quantitative estimate of drug-likeness (QED) is 0.252. The van der Waals surface area contributed by atoms with Crippen molar-refractivity contribution in [1.29, 1.82) is 0 Å². The fourth-order valence-electron chi connectivity index (χ4n) is 4.93. The Labute approximate surface area is 191 Å². The van der Waals surface area contributed by atoms with Gasteiger partial charge < -0.3 is 0 Å². The summed E-state index contributed by atoms with van der Waals surface area (Å²) in [5, 5.41) is 5.29. The number of rotatable bonds is 2. The van der Waals surface area contributed by atoms with Gasteiger partial charge in [-0.05, 0) is 85.8 Å². The molecule has 0 aliphatic rings. The number of hydrogen-bond donors (Lipinski definition) is 0. The molecule has 32 heavy (non-hydrogen) atoms. The third-order valence-corrected chi connectivity index (χ3v) is 6.72. The lowest BCUT2D eigenvalue weighted by molar-refractivity contribution is 0.591. The topological polar surface area (TPSA) is 0 Å². The van der Waals surface area contributed by atoms with E-state index in [2.05, 4.69) is 126 Å². The monoisotopic (exact) mass is 414 g/mol. The Balaban J connectivity index is 2.05. The third-order valence-electron chi connectivity index (χ3n) is 6.72. The van der Waals surface area contributed by atoms with Crippen molar-refractivity contribution in [1.82, 2.24) is 0 Å². The molecule has 0 saturated carbocycles. The molecule has 5 rings (SSSR count). The van der Waals surface area contributed by atoms with E-state index in [4.69, 9.17) is 0 Å². The minimum absolute atomic E-state index is 0.0890. The summed E-state index contributed by atoms with van der Waals surface area (Å²) in [6.07, 6.45) is 0. The van der Waals surface area contributed by atoms with E-state index in [0.717, 1.165) is 0 Å². The number of benzene rings is 5. The normalized spacial score (nSPS) is 11.9. The highest BCUT2D eigenvalue weighted by Gasteiger charge is 2.21. The minimum atomic E-state index is 0.0890. The van der Waals surface area contributed by atoms with Crippen LogP contribution in [-0.4, -0.2) is 0 Å². The van der Waals surface area contributed by atoms with E-state index in [1.54, 1.807) is 0 Å². The second-order valence-electron chi connectivity index (χ2n) is 9.94. The molecule has 0 heteroatoms. The molecule has 0 amide bonds.